The molecule has 164 valence electrons. The molecule has 12 heteroatoms. The van der Waals surface area contributed by atoms with Gasteiger partial charge in [0, 0.05) is 30.8 Å². The number of nitrogens with one attached hydrogen (secondary N) is 2. The van der Waals surface area contributed by atoms with Crippen LogP contribution in [0.2, 0.25) is 0 Å². The van der Waals surface area contributed by atoms with Crippen LogP contribution >= 0.6 is 0 Å². The Bertz CT molecular complexity index is 1160. The molecular weight excluding hydrogens is 422 g/mol. The Labute approximate surface area is 180 Å². The zero-order chi connectivity index (χ0) is 22.5. The van der Waals surface area contributed by atoms with E-state index in [0.717, 1.165) is 0 Å². The van der Waals surface area contributed by atoms with Gasteiger partial charge in [0.1, 0.15) is 0 Å². The van der Waals surface area contributed by atoms with Gasteiger partial charge < -0.3 is 24.6 Å². The topological polar surface area (TPSA) is 159 Å². The third-order valence-electron chi connectivity index (χ3n) is 4.50. The van der Waals surface area contributed by atoms with E-state index in [0.29, 0.717) is 22.6 Å². The fraction of sp³-hybridized carbons (Fsp3) is 0.200. The Morgan fingerprint density at radius 3 is 2.56 bits per heavy atom. The second kappa shape index (κ2) is 9.12. The van der Waals surface area contributed by atoms with Crippen molar-refractivity contribution in [3.05, 3.63) is 64.0 Å². The third-order valence-corrected chi connectivity index (χ3v) is 4.50. The molecular formula is C20H17N5O7. The number of fused-ring (bicyclic) bond motifs is 1. The number of nitro groups is 1. The van der Waals surface area contributed by atoms with Crippen molar-refractivity contribution in [1.82, 2.24) is 20.8 Å². The van der Waals surface area contributed by atoms with E-state index in [4.69, 9.17) is 14.0 Å². The minimum Gasteiger partial charge on any atom is -0.454 e. The van der Waals surface area contributed by atoms with Gasteiger partial charge in [0.2, 0.25) is 18.5 Å². The first-order chi connectivity index (χ1) is 15.5. The molecule has 0 fully saturated rings. The van der Waals surface area contributed by atoms with E-state index in [1.165, 1.54) is 24.3 Å². The lowest BCUT2D eigenvalue weighted by molar-refractivity contribution is -0.384. The lowest BCUT2D eigenvalue weighted by Gasteiger charge is -2.06. The van der Waals surface area contributed by atoms with Crippen molar-refractivity contribution in [2.45, 2.75) is 6.42 Å². The van der Waals surface area contributed by atoms with E-state index in [1.807, 2.05) is 0 Å². The molecule has 0 bridgehead atoms. The summed E-state index contributed by atoms with van der Waals surface area (Å²) in [6.07, 6.45) is 0.0640. The van der Waals surface area contributed by atoms with Gasteiger partial charge in [-0.3, -0.25) is 19.7 Å². The minimum atomic E-state index is -0.575. The van der Waals surface area contributed by atoms with Crippen LogP contribution in [0.4, 0.5) is 5.69 Å². The van der Waals surface area contributed by atoms with Crippen molar-refractivity contribution >= 4 is 17.5 Å². The van der Waals surface area contributed by atoms with Crippen LogP contribution in [0.3, 0.4) is 0 Å². The number of amides is 2. The van der Waals surface area contributed by atoms with Crippen molar-refractivity contribution in [3.63, 3.8) is 0 Å². The minimum absolute atomic E-state index is 0.0421. The number of hydrogen-bond donors (Lipinski definition) is 2. The van der Waals surface area contributed by atoms with E-state index in [2.05, 4.69) is 20.8 Å². The number of non-ortho nitro benzene ring substituents is 1. The molecule has 32 heavy (non-hydrogen) atoms. The average Bonchev–Trinajstić information content (AvgIpc) is 3.46. The van der Waals surface area contributed by atoms with Gasteiger partial charge >= 0.3 is 11.8 Å². The Balaban J connectivity index is 1.22. The largest absolute Gasteiger partial charge is 0.454 e. The average molecular weight is 439 g/mol. The molecule has 0 saturated heterocycles. The summed E-state index contributed by atoms with van der Waals surface area (Å²) in [5.41, 5.74) is 1.20. The zero-order valence-corrected chi connectivity index (χ0v) is 16.6. The number of ether oxygens (including phenoxy) is 2. The fourth-order valence-electron chi connectivity index (χ4n) is 2.91. The number of nitro benzene ring substituents is 1. The zero-order valence-electron chi connectivity index (χ0n) is 16.6. The van der Waals surface area contributed by atoms with Gasteiger partial charge in [-0.05, 0) is 23.8 Å². The molecule has 2 aromatic carbocycles. The maximum absolute atomic E-state index is 12.2. The molecule has 0 unspecified atom stereocenters. The number of rotatable bonds is 8. The standard InChI is InChI=1S/C20H17N5O7/c26-17(9-12-1-4-14(5-2-12)25(28)29)21-7-8-22-19(27)20-23-18(24-32-20)13-3-6-15-16(10-13)31-11-30-15/h1-6,10H,7-9,11H2,(H,21,26)(H,22,27). The van der Waals surface area contributed by atoms with Gasteiger partial charge in [0.25, 0.3) is 5.69 Å². The summed E-state index contributed by atoms with van der Waals surface area (Å²) >= 11 is 0. The van der Waals surface area contributed by atoms with Gasteiger partial charge in [-0.15, -0.1) is 0 Å². The van der Waals surface area contributed by atoms with Crippen LogP contribution in [0.25, 0.3) is 11.4 Å². The Hall–Kier alpha value is -4.48. The lowest BCUT2D eigenvalue weighted by atomic mass is 10.1. The second-order valence-corrected chi connectivity index (χ2v) is 6.70. The number of carbonyl (C=O) groups excluding carboxylic acids is 2. The maximum atomic E-state index is 12.2. The highest BCUT2D eigenvalue weighted by atomic mass is 16.7. The molecule has 2 amide bonds. The van der Waals surface area contributed by atoms with E-state index in [1.54, 1.807) is 18.2 Å². The number of aromatic nitrogens is 2. The fourth-order valence-corrected chi connectivity index (χ4v) is 2.91. The van der Waals surface area contributed by atoms with Crippen LogP contribution in [0.15, 0.2) is 47.0 Å². The van der Waals surface area contributed by atoms with Crippen LogP contribution in [0.1, 0.15) is 16.2 Å². The summed E-state index contributed by atoms with van der Waals surface area (Å²) < 4.78 is 15.6. The molecule has 2 heterocycles. The van der Waals surface area contributed by atoms with Crippen molar-refractivity contribution in [2.75, 3.05) is 19.9 Å². The molecule has 0 saturated carbocycles. The molecule has 0 aliphatic carbocycles. The van der Waals surface area contributed by atoms with Crippen LogP contribution in [-0.2, 0) is 11.2 Å². The lowest BCUT2D eigenvalue weighted by Crippen LogP contribution is -2.35. The summed E-state index contributed by atoms with van der Waals surface area (Å²) in [5, 5.41) is 19.7. The first-order valence-electron chi connectivity index (χ1n) is 9.51. The molecule has 0 radical (unpaired) electrons. The van der Waals surface area contributed by atoms with Crippen molar-refractivity contribution in [2.24, 2.45) is 0 Å². The number of carbonyl (C=O) groups is 2. The van der Waals surface area contributed by atoms with E-state index in [-0.39, 0.29) is 49.6 Å². The van der Waals surface area contributed by atoms with Crippen LogP contribution in [0, 0.1) is 10.1 Å². The first kappa shape index (κ1) is 20.8. The number of benzene rings is 2. The number of hydrogen-bond acceptors (Lipinski definition) is 9. The number of nitrogens with zero attached hydrogens (tertiary/aromatic N) is 3. The van der Waals surface area contributed by atoms with E-state index in [9.17, 15) is 19.7 Å². The van der Waals surface area contributed by atoms with E-state index >= 15 is 0 Å². The molecule has 3 aromatic rings. The maximum Gasteiger partial charge on any atom is 0.316 e. The quantitative estimate of drug-likeness (QED) is 0.301. The Morgan fingerprint density at radius 2 is 1.78 bits per heavy atom. The highest BCUT2D eigenvalue weighted by Gasteiger charge is 2.19. The van der Waals surface area contributed by atoms with Gasteiger partial charge in [-0.25, -0.2) is 0 Å². The van der Waals surface area contributed by atoms with Crippen LogP contribution in [-0.4, -0.2) is 46.8 Å². The second-order valence-electron chi connectivity index (χ2n) is 6.70. The SMILES string of the molecule is O=C(Cc1ccc([N+](=O)[O-])cc1)NCCNC(=O)c1nc(-c2ccc3c(c2)OCO3)no1. The monoisotopic (exact) mass is 439 g/mol. The Kier molecular flexibility index (Phi) is 5.92. The van der Waals surface area contributed by atoms with Gasteiger partial charge in [-0.2, -0.15) is 4.98 Å². The normalized spacial score (nSPS) is 11.8. The first-order valence-corrected chi connectivity index (χ1v) is 9.51. The smallest absolute Gasteiger partial charge is 0.316 e. The third kappa shape index (κ3) is 4.80. The molecule has 1 aliphatic heterocycles. The molecule has 1 aromatic heterocycles. The Morgan fingerprint density at radius 1 is 1.03 bits per heavy atom. The van der Waals surface area contributed by atoms with Gasteiger partial charge in [-0.1, -0.05) is 17.3 Å². The van der Waals surface area contributed by atoms with E-state index < -0.39 is 10.8 Å². The summed E-state index contributed by atoms with van der Waals surface area (Å²) in [4.78, 5) is 38.4. The summed E-state index contributed by atoms with van der Waals surface area (Å²) in [6.45, 7) is 0.469. The molecule has 12 nitrogen and oxygen atoms in total. The van der Waals surface area contributed by atoms with Gasteiger partial charge in [0.15, 0.2) is 11.5 Å². The van der Waals surface area contributed by atoms with Crippen molar-refractivity contribution in [3.8, 4) is 22.9 Å². The van der Waals surface area contributed by atoms with Crippen molar-refractivity contribution < 1.29 is 28.5 Å². The van der Waals surface area contributed by atoms with Crippen LogP contribution < -0.4 is 20.1 Å². The molecule has 0 atom stereocenters. The highest BCUT2D eigenvalue weighted by molar-refractivity contribution is 5.90. The van der Waals surface area contributed by atoms with Crippen LogP contribution in [0.5, 0.6) is 11.5 Å². The summed E-state index contributed by atoms with van der Waals surface area (Å²) in [5.74, 6) is 0.332. The summed E-state index contributed by atoms with van der Waals surface area (Å²) in [6, 6.07) is 10.8. The highest BCUT2D eigenvalue weighted by Crippen LogP contribution is 2.35. The predicted molar refractivity (Wildman–Crippen MR) is 108 cm³/mol. The predicted octanol–water partition coefficient (Wildman–Crippen LogP) is 1.46. The molecule has 4 rings (SSSR count). The summed E-state index contributed by atoms with van der Waals surface area (Å²) in [7, 11) is 0. The molecule has 0 spiro atoms. The van der Waals surface area contributed by atoms with Gasteiger partial charge in [0.05, 0.1) is 11.3 Å². The molecule has 2 N–H and O–H groups in total. The van der Waals surface area contributed by atoms with Crippen molar-refractivity contribution in [1.29, 1.82) is 0 Å². The molecule has 1 aliphatic rings.